The van der Waals surface area contributed by atoms with Crippen molar-refractivity contribution in [1.82, 2.24) is 20.1 Å². The Labute approximate surface area is 163 Å². The van der Waals surface area contributed by atoms with Gasteiger partial charge < -0.3 is 5.32 Å². The number of aromatic nitrogens is 3. The van der Waals surface area contributed by atoms with E-state index in [2.05, 4.69) is 33.4 Å². The van der Waals surface area contributed by atoms with Crippen LogP contribution in [0.3, 0.4) is 0 Å². The quantitative estimate of drug-likeness (QED) is 0.558. The standard InChI is InChI=1S/C23H18N4O/c1-2-12-27-22-10-9-20(13-21(22)16-26-27)18-5-7-19(8-6-18)23(28)25-15-17-4-3-11-24-14-17/h3-11,13-14,16H,15H2,1H3,(H,25,28). The van der Waals surface area contributed by atoms with Crippen molar-refractivity contribution >= 4 is 16.8 Å². The van der Waals surface area contributed by atoms with Crippen molar-refractivity contribution in [3.63, 3.8) is 0 Å². The summed E-state index contributed by atoms with van der Waals surface area (Å²) in [4.78, 5) is 16.4. The normalized spacial score (nSPS) is 10.3. The number of benzene rings is 2. The van der Waals surface area contributed by atoms with E-state index in [9.17, 15) is 4.79 Å². The van der Waals surface area contributed by atoms with Crippen LogP contribution in [-0.2, 0) is 6.54 Å². The van der Waals surface area contributed by atoms with Crippen molar-refractivity contribution in [2.75, 3.05) is 0 Å². The second-order valence-corrected chi connectivity index (χ2v) is 6.31. The molecule has 5 heteroatoms. The molecule has 2 heterocycles. The van der Waals surface area contributed by atoms with Gasteiger partial charge in [0.1, 0.15) is 0 Å². The predicted molar refractivity (Wildman–Crippen MR) is 109 cm³/mol. The zero-order valence-corrected chi connectivity index (χ0v) is 15.4. The fourth-order valence-electron chi connectivity index (χ4n) is 3.01. The van der Waals surface area contributed by atoms with Gasteiger partial charge in [0, 0.05) is 35.9 Å². The summed E-state index contributed by atoms with van der Waals surface area (Å²) < 4.78 is 1.68. The van der Waals surface area contributed by atoms with E-state index in [1.807, 2.05) is 54.7 Å². The predicted octanol–water partition coefficient (Wildman–Crippen LogP) is 3.86. The van der Waals surface area contributed by atoms with Gasteiger partial charge in [-0.1, -0.05) is 30.2 Å². The monoisotopic (exact) mass is 366 g/mol. The molecule has 1 N–H and O–H groups in total. The van der Waals surface area contributed by atoms with Crippen LogP contribution < -0.4 is 5.32 Å². The summed E-state index contributed by atoms with van der Waals surface area (Å²) >= 11 is 0. The second kappa shape index (κ2) is 7.77. The van der Waals surface area contributed by atoms with Crippen molar-refractivity contribution in [3.05, 3.63) is 84.3 Å². The number of carbonyl (C=O) groups is 1. The summed E-state index contributed by atoms with van der Waals surface area (Å²) in [6, 6.07) is 20.4. The zero-order chi connectivity index (χ0) is 19.3. The lowest BCUT2D eigenvalue weighted by molar-refractivity contribution is 0.0951. The Kier molecular flexibility index (Phi) is 4.85. The lowest BCUT2D eigenvalue weighted by Gasteiger charge is -2.07. The fraction of sp³-hybridized carbons (Fsp3) is 0.0870. The zero-order valence-electron chi connectivity index (χ0n) is 15.4. The maximum absolute atomic E-state index is 12.3. The van der Waals surface area contributed by atoms with Crippen molar-refractivity contribution in [1.29, 1.82) is 0 Å². The Morgan fingerprint density at radius 2 is 1.89 bits per heavy atom. The minimum absolute atomic E-state index is 0.106. The van der Waals surface area contributed by atoms with E-state index >= 15 is 0 Å². The molecule has 136 valence electrons. The summed E-state index contributed by atoms with van der Waals surface area (Å²) in [5.74, 6) is 2.75. The van der Waals surface area contributed by atoms with Crippen LogP contribution in [0.25, 0.3) is 22.0 Å². The molecule has 0 aliphatic heterocycles. The molecule has 0 saturated heterocycles. The van der Waals surface area contributed by atoms with Gasteiger partial charge in [-0.05, 0) is 53.9 Å². The number of nitrogens with one attached hydrogen (secondary N) is 1. The third-order valence-electron chi connectivity index (χ3n) is 4.44. The van der Waals surface area contributed by atoms with Crippen LogP contribution >= 0.6 is 0 Å². The summed E-state index contributed by atoms with van der Waals surface area (Å²) in [5, 5.41) is 8.23. The van der Waals surface area contributed by atoms with Gasteiger partial charge in [-0.2, -0.15) is 9.78 Å². The number of pyridine rings is 1. The number of hydrogen-bond donors (Lipinski definition) is 1. The Bertz CT molecular complexity index is 1180. The molecule has 0 radical (unpaired) electrons. The van der Waals surface area contributed by atoms with Crippen LogP contribution in [0.1, 0.15) is 22.8 Å². The van der Waals surface area contributed by atoms with E-state index in [1.54, 1.807) is 24.0 Å². The Hall–Kier alpha value is -3.91. The van der Waals surface area contributed by atoms with Crippen molar-refractivity contribution < 1.29 is 4.79 Å². The molecule has 28 heavy (non-hydrogen) atoms. The average Bonchev–Trinajstić information content (AvgIpc) is 3.15. The summed E-state index contributed by atoms with van der Waals surface area (Å²) in [7, 11) is 0. The highest BCUT2D eigenvalue weighted by Gasteiger charge is 2.07. The van der Waals surface area contributed by atoms with Gasteiger partial charge in [0.25, 0.3) is 5.91 Å². The van der Waals surface area contributed by atoms with Crippen LogP contribution in [0.2, 0.25) is 0 Å². The minimum atomic E-state index is -0.106. The fourth-order valence-corrected chi connectivity index (χ4v) is 3.01. The molecule has 0 fully saturated rings. The number of fused-ring (bicyclic) bond motifs is 1. The van der Waals surface area contributed by atoms with Gasteiger partial charge in [-0.3, -0.25) is 9.78 Å². The highest BCUT2D eigenvalue weighted by Crippen LogP contribution is 2.24. The van der Waals surface area contributed by atoms with Crippen LogP contribution in [0.15, 0.2) is 73.2 Å². The molecule has 0 aliphatic carbocycles. The van der Waals surface area contributed by atoms with E-state index in [0.717, 1.165) is 27.6 Å². The maximum Gasteiger partial charge on any atom is 0.251 e. The minimum Gasteiger partial charge on any atom is -0.348 e. The molecular weight excluding hydrogens is 348 g/mol. The molecular formula is C23H18N4O. The summed E-state index contributed by atoms with van der Waals surface area (Å²) in [6.45, 7) is 2.24. The molecule has 2 aromatic heterocycles. The molecule has 0 unspecified atom stereocenters. The van der Waals surface area contributed by atoms with Crippen LogP contribution in [0.4, 0.5) is 0 Å². The third kappa shape index (κ3) is 3.62. The van der Waals surface area contributed by atoms with E-state index in [0.29, 0.717) is 12.1 Å². The van der Waals surface area contributed by atoms with Crippen LogP contribution in [-0.4, -0.2) is 20.7 Å². The third-order valence-corrected chi connectivity index (χ3v) is 4.44. The van der Waals surface area contributed by atoms with E-state index < -0.39 is 0 Å². The van der Waals surface area contributed by atoms with E-state index in [-0.39, 0.29) is 5.91 Å². The first kappa shape index (κ1) is 17.5. The molecule has 0 aliphatic rings. The van der Waals surface area contributed by atoms with Gasteiger partial charge in [-0.25, -0.2) is 0 Å². The Morgan fingerprint density at radius 3 is 2.64 bits per heavy atom. The molecule has 1 amide bonds. The molecule has 0 spiro atoms. The molecule has 0 saturated carbocycles. The summed E-state index contributed by atoms with van der Waals surface area (Å²) in [5.41, 5.74) is 4.68. The average molecular weight is 366 g/mol. The maximum atomic E-state index is 12.3. The number of carbonyl (C=O) groups excluding carboxylic acids is 1. The first-order valence-corrected chi connectivity index (χ1v) is 8.93. The molecule has 4 aromatic rings. The highest BCUT2D eigenvalue weighted by atomic mass is 16.1. The SMILES string of the molecule is CC#Cn1ncc2cc(-c3ccc(C(=O)NCc4cccnc4)cc3)ccc21. The van der Waals surface area contributed by atoms with Gasteiger partial charge in [0.05, 0.1) is 11.7 Å². The van der Waals surface area contributed by atoms with Crippen molar-refractivity contribution in [3.8, 4) is 23.1 Å². The lowest BCUT2D eigenvalue weighted by atomic mass is 10.0. The van der Waals surface area contributed by atoms with Gasteiger partial charge >= 0.3 is 0 Å². The van der Waals surface area contributed by atoms with Crippen molar-refractivity contribution in [2.45, 2.75) is 13.5 Å². The molecule has 4 rings (SSSR count). The van der Waals surface area contributed by atoms with Gasteiger partial charge in [0.2, 0.25) is 0 Å². The molecule has 5 nitrogen and oxygen atoms in total. The Balaban J connectivity index is 1.50. The molecule has 2 aromatic carbocycles. The summed E-state index contributed by atoms with van der Waals surface area (Å²) in [6.07, 6.45) is 5.26. The first-order valence-electron chi connectivity index (χ1n) is 8.93. The highest BCUT2D eigenvalue weighted by molar-refractivity contribution is 5.95. The first-order chi connectivity index (χ1) is 13.7. The van der Waals surface area contributed by atoms with Crippen molar-refractivity contribution in [2.24, 2.45) is 0 Å². The number of hydrogen-bond acceptors (Lipinski definition) is 3. The Morgan fingerprint density at radius 1 is 1.07 bits per heavy atom. The van der Waals surface area contributed by atoms with Gasteiger partial charge in [0.15, 0.2) is 0 Å². The van der Waals surface area contributed by atoms with Crippen LogP contribution in [0, 0.1) is 12.0 Å². The second-order valence-electron chi connectivity index (χ2n) is 6.31. The van der Waals surface area contributed by atoms with Gasteiger partial charge in [-0.15, -0.1) is 0 Å². The number of rotatable bonds is 4. The topological polar surface area (TPSA) is 59.8 Å². The van der Waals surface area contributed by atoms with E-state index in [1.165, 1.54) is 0 Å². The number of amides is 1. The lowest BCUT2D eigenvalue weighted by Crippen LogP contribution is -2.22. The smallest absolute Gasteiger partial charge is 0.251 e. The molecule has 0 atom stereocenters. The van der Waals surface area contributed by atoms with E-state index in [4.69, 9.17) is 0 Å². The van der Waals surface area contributed by atoms with Crippen LogP contribution in [0.5, 0.6) is 0 Å². The largest absolute Gasteiger partial charge is 0.348 e. The number of nitrogens with zero attached hydrogens (tertiary/aromatic N) is 3. The molecule has 0 bridgehead atoms.